The minimum atomic E-state index is 0.760. The minimum absolute atomic E-state index is 0.760. The molecule has 1 saturated heterocycles. The molecule has 19 heavy (non-hydrogen) atoms. The van der Waals surface area contributed by atoms with Crippen LogP contribution in [0.1, 0.15) is 35.4 Å². The van der Waals surface area contributed by atoms with Crippen LogP contribution in [0.25, 0.3) is 11.1 Å². The summed E-state index contributed by atoms with van der Waals surface area (Å²) < 4.78 is 0. The molecule has 4 rings (SSSR count). The molecule has 1 aliphatic heterocycles. The molecule has 1 aliphatic carbocycles. The average Bonchev–Trinajstić information content (AvgIpc) is 2.86. The highest BCUT2D eigenvalue weighted by Crippen LogP contribution is 2.38. The number of hydrogen-bond acceptors (Lipinski definition) is 1. The number of fused-ring (bicyclic) bond motifs is 3. The van der Waals surface area contributed by atoms with Gasteiger partial charge < -0.3 is 5.32 Å². The maximum Gasteiger partial charge on any atom is -0.00134 e. The van der Waals surface area contributed by atoms with Crippen LogP contribution in [0.5, 0.6) is 0 Å². The van der Waals surface area contributed by atoms with Crippen molar-refractivity contribution in [3.8, 4) is 11.1 Å². The van der Waals surface area contributed by atoms with E-state index in [2.05, 4.69) is 47.8 Å². The predicted molar refractivity (Wildman–Crippen MR) is 79.5 cm³/mol. The summed E-state index contributed by atoms with van der Waals surface area (Å²) >= 11 is 0. The molecule has 0 spiro atoms. The van der Waals surface area contributed by atoms with Crippen molar-refractivity contribution in [1.29, 1.82) is 0 Å². The minimum Gasteiger partial charge on any atom is -0.317 e. The van der Waals surface area contributed by atoms with Crippen molar-refractivity contribution in [3.05, 3.63) is 59.2 Å². The third kappa shape index (κ3) is 1.89. The monoisotopic (exact) mass is 249 g/mol. The van der Waals surface area contributed by atoms with Crippen LogP contribution in [-0.2, 0) is 6.42 Å². The van der Waals surface area contributed by atoms with Crippen molar-refractivity contribution in [2.24, 2.45) is 0 Å². The molecule has 0 radical (unpaired) electrons. The average molecular weight is 249 g/mol. The van der Waals surface area contributed by atoms with Crippen LogP contribution < -0.4 is 5.32 Å². The van der Waals surface area contributed by atoms with E-state index in [0.29, 0.717) is 0 Å². The Labute approximate surface area is 114 Å². The predicted octanol–water partition coefficient (Wildman–Crippen LogP) is 3.72. The molecule has 2 aromatic rings. The largest absolute Gasteiger partial charge is 0.317 e. The molecule has 0 amide bonds. The van der Waals surface area contributed by atoms with Gasteiger partial charge in [0.2, 0.25) is 0 Å². The third-order valence-electron chi connectivity index (χ3n) is 4.63. The Bertz CT molecular complexity index is 609. The van der Waals surface area contributed by atoms with E-state index in [9.17, 15) is 0 Å². The van der Waals surface area contributed by atoms with Crippen molar-refractivity contribution < 1.29 is 0 Å². The molecule has 1 N–H and O–H groups in total. The molecule has 0 unspecified atom stereocenters. The van der Waals surface area contributed by atoms with Crippen LogP contribution in [0.2, 0.25) is 0 Å². The van der Waals surface area contributed by atoms with Gasteiger partial charge in [-0.1, -0.05) is 42.5 Å². The highest BCUT2D eigenvalue weighted by Gasteiger charge is 2.21. The van der Waals surface area contributed by atoms with Crippen molar-refractivity contribution in [2.75, 3.05) is 13.1 Å². The SMILES string of the molecule is c1ccc2c(c1)Cc1cc(C3CCNCC3)ccc1-2. The summed E-state index contributed by atoms with van der Waals surface area (Å²) in [6.07, 6.45) is 3.68. The molecule has 2 aliphatic rings. The second-order valence-corrected chi connectivity index (χ2v) is 5.77. The van der Waals surface area contributed by atoms with E-state index in [4.69, 9.17) is 0 Å². The second-order valence-electron chi connectivity index (χ2n) is 5.77. The number of piperidine rings is 1. The van der Waals surface area contributed by atoms with Gasteiger partial charge in [-0.05, 0) is 66.1 Å². The van der Waals surface area contributed by atoms with Crippen molar-refractivity contribution >= 4 is 0 Å². The quantitative estimate of drug-likeness (QED) is 0.693. The van der Waals surface area contributed by atoms with Gasteiger partial charge in [0.25, 0.3) is 0 Å². The summed E-state index contributed by atoms with van der Waals surface area (Å²) in [5.41, 5.74) is 7.45. The summed E-state index contributed by atoms with van der Waals surface area (Å²) in [6.45, 7) is 2.34. The first-order chi connectivity index (χ1) is 9.42. The topological polar surface area (TPSA) is 12.0 Å². The summed E-state index contributed by atoms with van der Waals surface area (Å²) in [4.78, 5) is 0. The number of benzene rings is 2. The molecule has 0 bridgehead atoms. The maximum absolute atomic E-state index is 3.45. The molecule has 0 saturated carbocycles. The molecule has 1 heteroatoms. The summed E-state index contributed by atoms with van der Waals surface area (Å²) in [5, 5.41) is 3.45. The van der Waals surface area contributed by atoms with Crippen molar-refractivity contribution in [2.45, 2.75) is 25.2 Å². The van der Waals surface area contributed by atoms with Gasteiger partial charge in [0, 0.05) is 0 Å². The van der Waals surface area contributed by atoms with E-state index in [1.807, 2.05) is 0 Å². The lowest BCUT2D eigenvalue weighted by atomic mass is 9.88. The fraction of sp³-hybridized carbons (Fsp3) is 0.333. The number of nitrogens with one attached hydrogen (secondary N) is 1. The van der Waals surface area contributed by atoms with E-state index >= 15 is 0 Å². The Morgan fingerprint density at radius 3 is 2.53 bits per heavy atom. The van der Waals surface area contributed by atoms with Gasteiger partial charge in [-0.2, -0.15) is 0 Å². The van der Waals surface area contributed by atoms with E-state index in [-0.39, 0.29) is 0 Å². The molecule has 1 fully saturated rings. The Hall–Kier alpha value is -1.60. The maximum atomic E-state index is 3.45. The Morgan fingerprint density at radius 1 is 0.842 bits per heavy atom. The standard InChI is InChI=1S/C18H19N/c1-2-4-17-15(3-1)12-16-11-14(5-6-18(16)17)13-7-9-19-10-8-13/h1-6,11,13,19H,7-10,12H2. The first-order valence-electron chi connectivity index (χ1n) is 7.33. The molecule has 1 nitrogen and oxygen atoms in total. The lowest BCUT2D eigenvalue weighted by molar-refractivity contribution is 0.460. The zero-order valence-corrected chi connectivity index (χ0v) is 11.2. The Morgan fingerprint density at radius 2 is 1.63 bits per heavy atom. The van der Waals surface area contributed by atoms with E-state index in [0.717, 1.165) is 12.3 Å². The summed E-state index contributed by atoms with van der Waals surface area (Å²) in [6, 6.07) is 16.0. The summed E-state index contributed by atoms with van der Waals surface area (Å²) in [7, 11) is 0. The Kier molecular flexibility index (Phi) is 2.66. The van der Waals surface area contributed by atoms with Crippen LogP contribution in [0.15, 0.2) is 42.5 Å². The normalized spacial score (nSPS) is 18.1. The molecule has 0 aromatic heterocycles. The first kappa shape index (κ1) is 11.2. The number of hydrogen-bond donors (Lipinski definition) is 1. The highest BCUT2D eigenvalue weighted by atomic mass is 14.9. The molecular formula is C18H19N. The van der Waals surface area contributed by atoms with Gasteiger partial charge in [0.15, 0.2) is 0 Å². The van der Waals surface area contributed by atoms with Crippen molar-refractivity contribution in [3.63, 3.8) is 0 Å². The summed E-state index contributed by atoms with van der Waals surface area (Å²) in [5.74, 6) is 0.760. The van der Waals surface area contributed by atoms with Crippen LogP contribution in [0.3, 0.4) is 0 Å². The lowest BCUT2D eigenvalue weighted by Crippen LogP contribution is -2.26. The van der Waals surface area contributed by atoms with Gasteiger partial charge >= 0.3 is 0 Å². The van der Waals surface area contributed by atoms with Gasteiger partial charge in [-0.25, -0.2) is 0 Å². The smallest absolute Gasteiger partial charge is 0.00134 e. The molecule has 2 aromatic carbocycles. The van der Waals surface area contributed by atoms with Crippen LogP contribution in [0.4, 0.5) is 0 Å². The molecule has 0 atom stereocenters. The fourth-order valence-electron chi connectivity index (χ4n) is 3.57. The van der Waals surface area contributed by atoms with E-state index < -0.39 is 0 Å². The fourth-order valence-corrected chi connectivity index (χ4v) is 3.57. The van der Waals surface area contributed by atoms with Crippen LogP contribution in [-0.4, -0.2) is 13.1 Å². The van der Waals surface area contributed by atoms with Gasteiger partial charge in [0.05, 0.1) is 0 Å². The molecule has 1 heterocycles. The third-order valence-corrected chi connectivity index (χ3v) is 4.63. The zero-order valence-electron chi connectivity index (χ0n) is 11.2. The van der Waals surface area contributed by atoms with Gasteiger partial charge in [-0.15, -0.1) is 0 Å². The van der Waals surface area contributed by atoms with Crippen LogP contribution >= 0.6 is 0 Å². The second kappa shape index (κ2) is 4.50. The Balaban J connectivity index is 1.71. The van der Waals surface area contributed by atoms with E-state index in [1.54, 1.807) is 5.56 Å². The first-order valence-corrected chi connectivity index (χ1v) is 7.33. The molecule has 96 valence electrons. The van der Waals surface area contributed by atoms with E-state index in [1.165, 1.54) is 48.2 Å². The molecular weight excluding hydrogens is 230 g/mol. The van der Waals surface area contributed by atoms with Gasteiger partial charge in [-0.3, -0.25) is 0 Å². The lowest BCUT2D eigenvalue weighted by Gasteiger charge is -2.23. The zero-order chi connectivity index (χ0) is 12.7. The van der Waals surface area contributed by atoms with Crippen LogP contribution in [0, 0.1) is 0 Å². The highest BCUT2D eigenvalue weighted by molar-refractivity contribution is 5.77. The number of rotatable bonds is 1. The van der Waals surface area contributed by atoms with Gasteiger partial charge in [0.1, 0.15) is 0 Å². The van der Waals surface area contributed by atoms with Crippen molar-refractivity contribution in [1.82, 2.24) is 5.32 Å².